The highest BCUT2D eigenvalue weighted by molar-refractivity contribution is 5.83. The van der Waals surface area contributed by atoms with Crippen LogP contribution in [-0.4, -0.2) is 40.7 Å². The molecule has 0 aromatic carbocycles. The van der Waals surface area contributed by atoms with Gasteiger partial charge in [0, 0.05) is 19.3 Å². The van der Waals surface area contributed by atoms with Crippen molar-refractivity contribution < 1.29 is 18.4 Å². The summed E-state index contributed by atoms with van der Waals surface area (Å²) in [6.45, 7) is -0.165. The average molecular weight is 276 g/mol. The summed E-state index contributed by atoms with van der Waals surface area (Å²) in [6.07, 6.45) is -3.00. The lowest BCUT2D eigenvalue weighted by Crippen LogP contribution is -2.43. The molecule has 0 saturated heterocycles. The van der Waals surface area contributed by atoms with E-state index in [0.29, 0.717) is 5.69 Å². The van der Waals surface area contributed by atoms with E-state index in [0.717, 1.165) is 0 Å². The van der Waals surface area contributed by atoms with E-state index in [4.69, 9.17) is 10.9 Å². The van der Waals surface area contributed by atoms with Crippen LogP contribution < -0.4 is 5.73 Å². The van der Waals surface area contributed by atoms with Crippen LogP contribution in [-0.2, 0) is 6.54 Å². The van der Waals surface area contributed by atoms with Gasteiger partial charge in [0.1, 0.15) is 5.92 Å². The molecule has 3 N–H and O–H groups in total. The summed E-state index contributed by atoms with van der Waals surface area (Å²) in [6, 6.07) is 5.18. The van der Waals surface area contributed by atoms with E-state index in [1.807, 2.05) is 0 Å². The van der Waals surface area contributed by atoms with Crippen molar-refractivity contribution in [3.8, 4) is 0 Å². The van der Waals surface area contributed by atoms with Crippen LogP contribution in [0.5, 0.6) is 0 Å². The number of alkyl halides is 3. The first-order valence-corrected chi connectivity index (χ1v) is 5.47. The van der Waals surface area contributed by atoms with E-state index < -0.39 is 24.5 Å². The second-order valence-electron chi connectivity index (χ2n) is 4.14. The number of nitrogens with zero attached hydrogens (tertiary/aromatic N) is 3. The Labute approximate surface area is 108 Å². The fraction of sp³-hybridized carbons (Fsp3) is 0.455. The van der Waals surface area contributed by atoms with E-state index in [1.165, 1.54) is 11.9 Å². The topological polar surface area (TPSA) is 74.7 Å². The average Bonchev–Trinajstić information content (AvgIpc) is 2.35. The van der Waals surface area contributed by atoms with Crippen molar-refractivity contribution in [3.63, 3.8) is 0 Å². The number of amidine groups is 1. The van der Waals surface area contributed by atoms with Gasteiger partial charge >= 0.3 is 6.18 Å². The zero-order valence-corrected chi connectivity index (χ0v) is 10.3. The van der Waals surface area contributed by atoms with Gasteiger partial charge in [-0.25, -0.2) is 0 Å². The highest BCUT2D eigenvalue weighted by Gasteiger charge is 2.43. The predicted octanol–water partition coefficient (Wildman–Crippen LogP) is 1.44. The monoisotopic (exact) mass is 276 g/mol. The van der Waals surface area contributed by atoms with Crippen LogP contribution in [0.1, 0.15) is 5.69 Å². The molecular weight excluding hydrogens is 261 g/mol. The van der Waals surface area contributed by atoms with Gasteiger partial charge in [0.05, 0.1) is 5.69 Å². The molecule has 0 aliphatic carbocycles. The molecule has 0 aliphatic rings. The molecule has 1 rings (SSSR count). The van der Waals surface area contributed by atoms with Crippen molar-refractivity contribution in [3.05, 3.63) is 30.1 Å². The minimum atomic E-state index is -4.56. The number of nitrogens with two attached hydrogens (primary N) is 1. The maximum Gasteiger partial charge on any atom is 0.400 e. The van der Waals surface area contributed by atoms with Gasteiger partial charge in [-0.1, -0.05) is 11.2 Å². The number of rotatable bonds is 5. The molecule has 1 aromatic heterocycles. The lowest BCUT2D eigenvalue weighted by atomic mass is 10.1. The Balaban J connectivity index is 2.70. The SMILES string of the molecule is CN(Cc1ccccn1)CC(/C(N)=N/O)C(F)(F)F. The Bertz CT molecular complexity index is 422. The molecule has 5 nitrogen and oxygen atoms in total. The summed E-state index contributed by atoms with van der Waals surface area (Å²) in [5, 5.41) is 10.9. The maximum absolute atomic E-state index is 12.7. The first kappa shape index (κ1) is 15.2. The number of aromatic nitrogens is 1. The number of hydrogen-bond donors (Lipinski definition) is 2. The van der Waals surface area contributed by atoms with Gasteiger partial charge in [0.25, 0.3) is 0 Å². The van der Waals surface area contributed by atoms with Gasteiger partial charge < -0.3 is 10.9 Å². The summed E-state index contributed by atoms with van der Waals surface area (Å²) in [5.41, 5.74) is 5.73. The molecule has 1 aromatic rings. The van der Waals surface area contributed by atoms with Gasteiger partial charge in [-0.2, -0.15) is 13.2 Å². The Hall–Kier alpha value is -1.83. The van der Waals surface area contributed by atoms with Gasteiger partial charge in [-0.15, -0.1) is 0 Å². The third kappa shape index (κ3) is 4.74. The molecule has 0 aliphatic heterocycles. The predicted molar refractivity (Wildman–Crippen MR) is 63.5 cm³/mol. The number of pyridine rings is 1. The van der Waals surface area contributed by atoms with Crippen LogP contribution in [0.15, 0.2) is 29.6 Å². The summed E-state index contributed by atoms with van der Waals surface area (Å²) < 4.78 is 38.2. The third-order valence-electron chi connectivity index (χ3n) is 2.52. The third-order valence-corrected chi connectivity index (χ3v) is 2.52. The lowest BCUT2D eigenvalue weighted by molar-refractivity contribution is -0.159. The molecule has 0 radical (unpaired) electrons. The largest absolute Gasteiger partial charge is 0.409 e. The molecule has 106 valence electrons. The first-order chi connectivity index (χ1) is 8.84. The van der Waals surface area contributed by atoms with Gasteiger partial charge in [-0.3, -0.25) is 9.88 Å². The Morgan fingerprint density at radius 3 is 2.68 bits per heavy atom. The normalized spacial score (nSPS) is 14.7. The zero-order valence-electron chi connectivity index (χ0n) is 10.3. The Kier molecular flexibility index (Phi) is 5.11. The van der Waals surface area contributed by atoms with Gasteiger partial charge in [-0.05, 0) is 19.2 Å². The van der Waals surface area contributed by atoms with Crippen LogP contribution >= 0.6 is 0 Å². The molecule has 1 heterocycles. The smallest absolute Gasteiger partial charge is 0.400 e. The van der Waals surface area contributed by atoms with Crippen LogP contribution in [0.3, 0.4) is 0 Å². The molecule has 0 saturated carbocycles. The number of hydrogen-bond acceptors (Lipinski definition) is 4. The number of oxime groups is 1. The van der Waals surface area contributed by atoms with E-state index >= 15 is 0 Å². The zero-order chi connectivity index (χ0) is 14.5. The van der Waals surface area contributed by atoms with Crippen molar-refractivity contribution in [2.24, 2.45) is 16.8 Å². The number of halogens is 3. The molecular formula is C11H15F3N4O. The van der Waals surface area contributed by atoms with E-state index in [-0.39, 0.29) is 6.54 Å². The Morgan fingerprint density at radius 1 is 1.53 bits per heavy atom. The van der Waals surface area contributed by atoms with Crippen molar-refractivity contribution in [2.45, 2.75) is 12.7 Å². The molecule has 8 heteroatoms. The molecule has 0 fully saturated rings. The molecule has 19 heavy (non-hydrogen) atoms. The minimum absolute atomic E-state index is 0.242. The van der Waals surface area contributed by atoms with E-state index in [9.17, 15) is 13.2 Å². The molecule has 1 atom stereocenters. The lowest BCUT2D eigenvalue weighted by Gasteiger charge is -2.24. The molecule has 0 spiro atoms. The van der Waals surface area contributed by atoms with E-state index in [2.05, 4.69) is 10.1 Å². The van der Waals surface area contributed by atoms with Crippen LogP contribution in [0.2, 0.25) is 0 Å². The van der Waals surface area contributed by atoms with Crippen LogP contribution in [0.25, 0.3) is 0 Å². The van der Waals surface area contributed by atoms with Crippen molar-refractivity contribution >= 4 is 5.84 Å². The fourth-order valence-electron chi connectivity index (χ4n) is 1.58. The summed E-state index contributed by atoms with van der Waals surface area (Å²) in [5.74, 6) is -2.86. The first-order valence-electron chi connectivity index (χ1n) is 5.47. The second kappa shape index (κ2) is 6.37. The highest BCUT2D eigenvalue weighted by Crippen LogP contribution is 2.27. The summed E-state index contributed by atoms with van der Waals surface area (Å²) in [4.78, 5) is 5.43. The van der Waals surface area contributed by atoms with Crippen molar-refractivity contribution in [1.29, 1.82) is 0 Å². The second-order valence-corrected chi connectivity index (χ2v) is 4.14. The maximum atomic E-state index is 12.7. The summed E-state index contributed by atoms with van der Waals surface area (Å²) >= 11 is 0. The Morgan fingerprint density at radius 2 is 2.21 bits per heavy atom. The molecule has 0 bridgehead atoms. The summed E-state index contributed by atoms with van der Waals surface area (Å²) in [7, 11) is 1.51. The van der Waals surface area contributed by atoms with Crippen molar-refractivity contribution in [2.75, 3.05) is 13.6 Å². The molecule has 1 unspecified atom stereocenters. The van der Waals surface area contributed by atoms with E-state index in [1.54, 1.807) is 24.4 Å². The molecule has 0 amide bonds. The van der Waals surface area contributed by atoms with Crippen LogP contribution in [0.4, 0.5) is 13.2 Å². The fourth-order valence-corrected chi connectivity index (χ4v) is 1.58. The standard InChI is InChI=1S/C11H15F3N4O/c1-18(6-8-4-2-3-5-16-8)7-9(10(15)17-19)11(12,13)14/h2-5,9,19H,6-7H2,1H3,(H2,15,17). The van der Waals surface area contributed by atoms with Crippen LogP contribution in [0, 0.1) is 5.92 Å². The highest BCUT2D eigenvalue weighted by atomic mass is 19.4. The minimum Gasteiger partial charge on any atom is -0.409 e. The van der Waals surface area contributed by atoms with Gasteiger partial charge in [0.2, 0.25) is 0 Å². The quantitative estimate of drug-likeness (QED) is 0.369. The van der Waals surface area contributed by atoms with Gasteiger partial charge in [0.15, 0.2) is 5.84 Å². The van der Waals surface area contributed by atoms with Crippen molar-refractivity contribution in [1.82, 2.24) is 9.88 Å².